The van der Waals surface area contributed by atoms with Crippen molar-refractivity contribution >= 4 is 39.6 Å². The van der Waals surface area contributed by atoms with Gasteiger partial charge in [-0.15, -0.1) is 0 Å². The first-order valence-corrected chi connectivity index (χ1v) is 14.9. The van der Waals surface area contributed by atoms with Gasteiger partial charge in [0.2, 0.25) is 0 Å². The SMILES string of the molecule is CCCCCOc1cc2c(cc1OC)c(-c1ccc3c(c1)CCO3)c(C(=O)OCC)n2Cc1ccc2nsnc2c1. The maximum Gasteiger partial charge on any atom is 0.355 e. The van der Waals surface area contributed by atoms with Gasteiger partial charge < -0.3 is 23.5 Å². The van der Waals surface area contributed by atoms with Crippen LogP contribution in [0, 0.1) is 0 Å². The average molecular weight is 572 g/mol. The number of nitrogens with zero attached hydrogens (tertiary/aromatic N) is 3. The summed E-state index contributed by atoms with van der Waals surface area (Å²) in [5.41, 5.74) is 6.91. The molecular weight excluding hydrogens is 538 g/mol. The van der Waals surface area contributed by atoms with E-state index in [-0.39, 0.29) is 12.6 Å². The molecule has 0 saturated heterocycles. The van der Waals surface area contributed by atoms with Crippen LogP contribution in [0.4, 0.5) is 0 Å². The quantitative estimate of drug-likeness (QED) is 0.124. The highest BCUT2D eigenvalue weighted by atomic mass is 32.1. The van der Waals surface area contributed by atoms with Crippen molar-refractivity contribution in [2.24, 2.45) is 0 Å². The van der Waals surface area contributed by atoms with Crippen LogP contribution in [-0.4, -0.2) is 46.2 Å². The molecule has 2 aromatic heterocycles. The predicted molar refractivity (Wildman–Crippen MR) is 161 cm³/mol. The van der Waals surface area contributed by atoms with Crippen molar-refractivity contribution < 1.29 is 23.7 Å². The van der Waals surface area contributed by atoms with E-state index in [0.717, 1.165) is 75.6 Å². The van der Waals surface area contributed by atoms with Crippen molar-refractivity contribution in [2.45, 2.75) is 46.1 Å². The molecule has 0 aliphatic carbocycles. The van der Waals surface area contributed by atoms with Gasteiger partial charge in [0.1, 0.15) is 22.5 Å². The van der Waals surface area contributed by atoms with E-state index < -0.39 is 0 Å². The third-order valence-electron chi connectivity index (χ3n) is 7.46. The van der Waals surface area contributed by atoms with Crippen molar-refractivity contribution in [3.8, 4) is 28.4 Å². The summed E-state index contributed by atoms with van der Waals surface area (Å²) < 4.78 is 34.3. The van der Waals surface area contributed by atoms with Crippen molar-refractivity contribution in [2.75, 3.05) is 26.9 Å². The number of aromatic nitrogens is 3. The maximum atomic E-state index is 13.8. The third kappa shape index (κ3) is 5.22. The van der Waals surface area contributed by atoms with Crippen LogP contribution in [0.3, 0.4) is 0 Å². The number of rotatable bonds is 11. The van der Waals surface area contributed by atoms with Gasteiger partial charge in [0, 0.05) is 30.0 Å². The molecule has 0 atom stereocenters. The molecule has 6 rings (SSSR count). The molecule has 41 heavy (non-hydrogen) atoms. The highest BCUT2D eigenvalue weighted by Crippen LogP contribution is 2.43. The van der Waals surface area contributed by atoms with E-state index in [1.807, 2.05) is 54.0 Å². The van der Waals surface area contributed by atoms with E-state index in [2.05, 4.69) is 21.7 Å². The van der Waals surface area contributed by atoms with Crippen molar-refractivity contribution in [3.05, 3.63) is 65.4 Å². The molecule has 0 spiro atoms. The van der Waals surface area contributed by atoms with Gasteiger partial charge in [-0.1, -0.05) is 31.9 Å². The lowest BCUT2D eigenvalue weighted by Gasteiger charge is -2.14. The number of esters is 1. The highest BCUT2D eigenvalue weighted by molar-refractivity contribution is 7.00. The molecule has 0 saturated carbocycles. The van der Waals surface area contributed by atoms with Gasteiger partial charge in [-0.25, -0.2) is 4.79 Å². The molecule has 8 nitrogen and oxygen atoms in total. The fourth-order valence-corrected chi connectivity index (χ4v) is 6.00. The molecule has 0 radical (unpaired) electrons. The maximum absolute atomic E-state index is 13.8. The van der Waals surface area contributed by atoms with Gasteiger partial charge in [-0.05, 0) is 60.4 Å². The predicted octanol–water partition coefficient (Wildman–Crippen LogP) is 7.05. The Hall–Kier alpha value is -4.11. The van der Waals surface area contributed by atoms with Crippen LogP contribution in [0.15, 0.2) is 48.5 Å². The van der Waals surface area contributed by atoms with Crippen LogP contribution in [0.25, 0.3) is 33.1 Å². The van der Waals surface area contributed by atoms with E-state index in [4.69, 9.17) is 18.9 Å². The summed E-state index contributed by atoms with van der Waals surface area (Å²) in [5, 5.41) is 0.890. The molecule has 0 fully saturated rings. The number of unbranched alkanes of at least 4 members (excludes halogenated alkanes) is 2. The normalized spacial score (nSPS) is 12.5. The van der Waals surface area contributed by atoms with Crippen molar-refractivity contribution in [1.82, 2.24) is 13.3 Å². The number of carbonyl (C=O) groups excluding carboxylic acids is 1. The van der Waals surface area contributed by atoms with Crippen molar-refractivity contribution in [1.29, 1.82) is 0 Å². The Labute approximate surface area is 243 Å². The second-order valence-electron chi connectivity index (χ2n) is 10.1. The molecule has 3 heterocycles. The molecule has 9 heteroatoms. The zero-order chi connectivity index (χ0) is 28.3. The number of benzene rings is 3. The number of methoxy groups -OCH3 is 1. The summed E-state index contributed by atoms with van der Waals surface area (Å²) in [6, 6.07) is 16.1. The lowest BCUT2D eigenvalue weighted by molar-refractivity contribution is 0.0516. The standard InChI is InChI=1S/C32H33N3O5S/c1-4-6-7-13-39-29-18-26-23(17-28(29)37-3)30(22-9-11-27-21(16-22)12-14-40-27)31(32(36)38-5-2)35(26)19-20-8-10-24-25(15-20)34-41-33-24/h8-11,15-18H,4-7,12-14,19H2,1-3H3. The molecule has 0 N–H and O–H groups in total. The highest BCUT2D eigenvalue weighted by Gasteiger charge is 2.28. The first-order chi connectivity index (χ1) is 20.1. The molecule has 3 aromatic carbocycles. The van der Waals surface area contributed by atoms with Crippen LogP contribution in [0.5, 0.6) is 17.2 Å². The molecule has 212 valence electrons. The molecule has 0 bridgehead atoms. The van der Waals surface area contributed by atoms with Gasteiger partial charge in [-0.2, -0.15) is 8.75 Å². The van der Waals surface area contributed by atoms with Crippen molar-refractivity contribution in [3.63, 3.8) is 0 Å². The third-order valence-corrected chi connectivity index (χ3v) is 8.02. The second-order valence-corrected chi connectivity index (χ2v) is 10.6. The van der Waals surface area contributed by atoms with Gasteiger partial charge in [0.25, 0.3) is 0 Å². The molecular formula is C32H33N3O5S. The Morgan fingerprint density at radius 2 is 1.90 bits per heavy atom. The minimum Gasteiger partial charge on any atom is -0.493 e. The molecule has 0 unspecified atom stereocenters. The number of hydrogen-bond acceptors (Lipinski definition) is 8. The monoisotopic (exact) mass is 571 g/mol. The van der Waals surface area contributed by atoms with Gasteiger partial charge >= 0.3 is 5.97 Å². The summed E-state index contributed by atoms with van der Waals surface area (Å²) in [6.07, 6.45) is 3.99. The average Bonchev–Trinajstić information content (AvgIpc) is 3.72. The Morgan fingerprint density at radius 1 is 1.02 bits per heavy atom. The summed E-state index contributed by atoms with van der Waals surface area (Å²) >= 11 is 1.19. The van der Waals surface area contributed by atoms with Crippen LogP contribution in [-0.2, 0) is 17.7 Å². The van der Waals surface area contributed by atoms with Crippen LogP contribution < -0.4 is 14.2 Å². The van der Waals surface area contributed by atoms with E-state index >= 15 is 0 Å². The van der Waals surface area contributed by atoms with E-state index in [0.29, 0.717) is 37.0 Å². The van der Waals surface area contributed by atoms with Gasteiger partial charge in [0.05, 0.1) is 44.2 Å². The zero-order valence-corrected chi connectivity index (χ0v) is 24.4. The smallest absolute Gasteiger partial charge is 0.355 e. The Kier molecular flexibility index (Phi) is 7.78. The number of hydrogen-bond donors (Lipinski definition) is 0. The number of carbonyl (C=O) groups is 1. The fraction of sp³-hybridized carbons (Fsp3) is 0.344. The summed E-state index contributed by atoms with van der Waals surface area (Å²) in [4.78, 5) is 13.8. The first kappa shape index (κ1) is 27.1. The van der Waals surface area contributed by atoms with Gasteiger partial charge in [0.15, 0.2) is 11.5 Å². The van der Waals surface area contributed by atoms with E-state index in [9.17, 15) is 4.79 Å². The molecule has 0 amide bonds. The number of ether oxygens (including phenoxy) is 4. The van der Waals surface area contributed by atoms with E-state index in [1.165, 1.54) is 11.7 Å². The lowest BCUT2D eigenvalue weighted by Crippen LogP contribution is -2.14. The minimum absolute atomic E-state index is 0.267. The lowest BCUT2D eigenvalue weighted by atomic mass is 9.98. The molecule has 1 aliphatic heterocycles. The fourth-order valence-electron chi connectivity index (χ4n) is 5.48. The summed E-state index contributed by atoms with van der Waals surface area (Å²) in [7, 11) is 1.65. The summed E-state index contributed by atoms with van der Waals surface area (Å²) in [5.74, 6) is 1.79. The van der Waals surface area contributed by atoms with Crippen LogP contribution in [0.2, 0.25) is 0 Å². The second kappa shape index (κ2) is 11.8. The Morgan fingerprint density at radius 3 is 2.73 bits per heavy atom. The Balaban J connectivity index is 1.58. The van der Waals surface area contributed by atoms with Crippen LogP contribution >= 0.6 is 11.7 Å². The molecule has 1 aliphatic rings. The zero-order valence-electron chi connectivity index (χ0n) is 23.6. The van der Waals surface area contributed by atoms with Gasteiger partial charge in [-0.3, -0.25) is 0 Å². The largest absolute Gasteiger partial charge is 0.493 e. The first-order valence-electron chi connectivity index (χ1n) is 14.1. The Bertz CT molecular complexity index is 1720. The number of fused-ring (bicyclic) bond motifs is 3. The van der Waals surface area contributed by atoms with Crippen LogP contribution in [0.1, 0.15) is 54.7 Å². The topological polar surface area (TPSA) is 84.7 Å². The summed E-state index contributed by atoms with van der Waals surface area (Å²) in [6.45, 7) is 5.95. The molecule has 5 aromatic rings. The van der Waals surface area contributed by atoms with E-state index in [1.54, 1.807) is 7.11 Å². The minimum atomic E-state index is -0.378.